The third-order valence-corrected chi connectivity index (χ3v) is 3.73. The Morgan fingerprint density at radius 1 is 1.50 bits per heavy atom. The molecule has 1 aromatic rings. The average Bonchev–Trinajstić information content (AvgIpc) is 2.46. The van der Waals surface area contributed by atoms with Crippen molar-refractivity contribution in [1.29, 1.82) is 0 Å². The summed E-state index contributed by atoms with van der Waals surface area (Å²) in [6.07, 6.45) is 1.33. The maximum atomic E-state index is 10.7. The van der Waals surface area contributed by atoms with E-state index in [4.69, 9.17) is 4.74 Å². The SMILES string of the molecule is Cc1cc([N+](=O)[O-])ccc1NC[C@@H](O)C1CCOCC1. The summed E-state index contributed by atoms with van der Waals surface area (Å²) >= 11 is 0. The molecule has 110 valence electrons. The van der Waals surface area contributed by atoms with E-state index in [1.54, 1.807) is 6.07 Å². The Hall–Kier alpha value is -1.66. The molecule has 0 bridgehead atoms. The highest BCUT2D eigenvalue weighted by Crippen LogP contribution is 2.23. The van der Waals surface area contributed by atoms with Gasteiger partial charge in [-0.05, 0) is 37.3 Å². The third kappa shape index (κ3) is 3.68. The zero-order valence-corrected chi connectivity index (χ0v) is 11.5. The smallest absolute Gasteiger partial charge is 0.269 e. The lowest BCUT2D eigenvalue weighted by molar-refractivity contribution is -0.384. The highest BCUT2D eigenvalue weighted by molar-refractivity contribution is 5.55. The molecule has 1 heterocycles. The van der Waals surface area contributed by atoms with E-state index in [1.807, 2.05) is 6.92 Å². The van der Waals surface area contributed by atoms with Crippen LogP contribution in [-0.2, 0) is 4.74 Å². The Morgan fingerprint density at radius 2 is 2.20 bits per heavy atom. The largest absolute Gasteiger partial charge is 0.391 e. The number of anilines is 1. The van der Waals surface area contributed by atoms with E-state index in [9.17, 15) is 15.2 Å². The maximum absolute atomic E-state index is 10.7. The molecule has 0 aliphatic carbocycles. The van der Waals surface area contributed by atoms with Crippen molar-refractivity contribution in [1.82, 2.24) is 0 Å². The summed E-state index contributed by atoms with van der Waals surface area (Å²) in [5.41, 5.74) is 1.71. The molecule has 1 atom stereocenters. The second kappa shape index (κ2) is 6.67. The van der Waals surface area contributed by atoms with Crippen LogP contribution in [0.3, 0.4) is 0 Å². The molecule has 1 fully saturated rings. The number of benzene rings is 1. The van der Waals surface area contributed by atoms with Crippen molar-refractivity contribution in [3.05, 3.63) is 33.9 Å². The molecule has 1 aliphatic heterocycles. The van der Waals surface area contributed by atoms with Crippen LogP contribution < -0.4 is 5.32 Å². The lowest BCUT2D eigenvalue weighted by Gasteiger charge is -2.27. The molecule has 0 spiro atoms. The van der Waals surface area contributed by atoms with E-state index < -0.39 is 11.0 Å². The van der Waals surface area contributed by atoms with Crippen molar-refractivity contribution in [2.24, 2.45) is 5.92 Å². The first kappa shape index (κ1) is 14.7. The zero-order valence-electron chi connectivity index (χ0n) is 11.5. The monoisotopic (exact) mass is 280 g/mol. The number of ether oxygens (including phenoxy) is 1. The molecule has 0 aromatic heterocycles. The number of nitro groups is 1. The molecule has 2 N–H and O–H groups in total. The summed E-state index contributed by atoms with van der Waals surface area (Å²) in [7, 11) is 0. The fourth-order valence-corrected chi connectivity index (χ4v) is 2.44. The Bertz CT molecular complexity index is 472. The number of aliphatic hydroxyl groups is 1. The van der Waals surface area contributed by atoms with Gasteiger partial charge in [0.1, 0.15) is 0 Å². The molecule has 2 rings (SSSR count). The van der Waals surface area contributed by atoms with Crippen molar-refractivity contribution >= 4 is 11.4 Å². The van der Waals surface area contributed by atoms with Crippen LogP contribution in [0.1, 0.15) is 18.4 Å². The van der Waals surface area contributed by atoms with E-state index in [0.717, 1.165) is 24.1 Å². The topological polar surface area (TPSA) is 84.6 Å². The molecule has 6 heteroatoms. The van der Waals surface area contributed by atoms with Gasteiger partial charge in [-0.3, -0.25) is 10.1 Å². The first-order chi connectivity index (χ1) is 9.58. The molecule has 20 heavy (non-hydrogen) atoms. The molecule has 1 aliphatic rings. The first-order valence-corrected chi connectivity index (χ1v) is 6.82. The Labute approximate surface area is 117 Å². The molecule has 0 radical (unpaired) electrons. The van der Waals surface area contributed by atoms with E-state index >= 15 is 0 Å². The number of hydrogen-bond donors (Lipinski definition) is 2. The van der Waals surface area contributed by atoms with Crippen LogP contribution in [0.4, 0.5) is 11.4 Å². The number of aryl methyl sites for hydroxylation is 1. The quantitative estimate of drug-likeness (QED) is 0.637. The molecule has 0 amide bonds. The van der Waals surface area contributed by atoms with Crippen molar-refractivity contribution in [3.63, 3.8) is 0 Å². The number of hydrogen-bond acceptors (Lipinski definition) is 5. The summed E-state index contributed by atoms with van der Waals surface area (Å²) in [4.78, 5) is 10.3. The van der Waals surface area contributed by atoms with Gasteiger partial charge < -0.3 is 15.2 Å². The molecule has 1 aromatic carbocycles. The van der Waals surface area contributed by atoms with Gasteiger partial charge in [-0.2, -0.15) is 0 Å². The summed E-state index contributed by atoms with van der Waals surface area (Å²) in [6, 6.07) is 4.68. The van der Waals surface area contributed by atoms with Crippen LogP contribution in [0.2, 0.25) is 0 Å². The van der Waals surface area contributed by atoms with Crippen molar-refractivity contribution < 1.29 is 14.8 Å². The Kier molecular flexibility index (Phi) is 4.92. The van der Waals surface area contributed by atoms with E-state index in [1.165, 1.54) is 12.1 Å². The van der Waals surface area contributed by atoms with E-state index in [0.29, 0.717) is 19.8 Å². The number of aliphatic hydroxyl groups excluding tert-OH is 1. The zero-order chi connectivity index (χ0) is 14.5. The Morgan fingerprint density at radius 3 is 2.80 bits per heavy atom. The molecule has 1 saturated heterocycles. The predicted molar refractivity (Wildman–Crippen MR) is 75.9 cm³/mol. The molecular formula is C14H20N2O4. The average molecular weight is 280 g/mol. The normalized spacial score (nSPS) is 17.7. The predicted octanol–water partition coefficient (Wildman–Crippen LogP) is 2.10. The van der Waals surface area contributed by atoms with Gasteiger partial charge >= 0.3 is 0 Å². The number of nitrogens with zero attached hydrogens (tertiary/aromatic N) is 1. The number of rotatable bonds is 5. The van der Waals surface area contributed by atoms with Gasteiger partial charge in [-0.1, -0.05) is 0 Å². The molecular weight excluding hydrogens is 260 g/mol. The fourth-order valence-electron chi connectivity index (χ4n) is 2.44. The molecule has 0 unspecified atom stereocenters. The minimum atomic E-state index is -0.423. The highest BCUT2D eigenvalue weighted by atomic mass is 16.6. The van der Waals surface area contributed by atoms with Crippen molar-refractivity contribution in [2.45, 2.75) is 25.9 Å². The minimum absolute atomic E-state index is 0.0815. The van der Waals surface area contributed by atoms with Crippen LogP contribution in [0.25, 0.3) is 0 Å². The van der Waals surface area contributed by atoms with Crippen LogP contribution >= 0.6 is 0 Å². The summed E-state index contributed by atoms with van der Waals surface area (Å²) in [6.45, 7) is 3.68. The number of nitrogens with one attached hydrogen (secondary N) is 1. The van der Waals surface area contributed by atoms with Gasteiger partial charge in [-0.25, -0.2) is 0 Å². The molecule has 0 saturated carbocycles. The molecule has 6 nitrogen and oxygen atoms in total. The van der Waals surface area contributed by atoms with Crippen LogP contribution in [0.5, 0.6) is 0 Å². The van der Waals surface area contributed by atoms with Crippen molar-refractivity contribution in [3.8, 4) is 0 Å². The summed E-state index contributed by atoms with van der Waals surface area (Å²) < 4.78 is 5.27. The summed E-state index contributed by atoms with van der Waals surface area (Å²) in [5, 5.41) is 24.0. The van der Waals surface area contributed by atoms with Gasteiger partial charge in [-0.15, -0.1) is 0 Å². The first-order valence-electron chi connectivity index (χ1n) is 6.82. The maximum Gasteiger partial charge on any atom is 0.269 e. The summed E-state index contributed by atoms with van der Waals surface area (Å²) in [5.74, 6) is 0.259. The van der Waals surface area contributed by atoms with Gasteiger partial charge in [0.15, 0.2) is 0 Å². The second-order valence-electron chi connectivity index (χ2n) is 5.15. The van der Waals surface area contributed by atoms with Crippen LogP contribution in [0, 0.1) is 23.0 Å². The van der Waals surface area contributed by atoms with E-state index in [-0.39, 0.29) is 11.6 Å². The van der Waals surface area contributed by atoms with Gasteiger partial charge in [0.2, 0.25) is 0 Å². The lowest BCUT2D eigenvalue weighted by Crippen LogP contribution is -2.32. The Balaban J connectivity index is 1.91. The van der Waals surface area contributed by atoms with Crippen molar-refractivity contribution in [2.75, 3.05) is 25.1 Å². The number of nitro benzene ring substituents is 1. The fraction of sp³-hybridized carbons (Fsp3) is 0.571. The van der Waals surface area contributed by atoms with Crippen LogP contribution in [-0.4, -0.2) is 35.9 Å². The standard InChI is InChI=1S/C14H20N2O4/c1-10-8-12(16(18)19)2-3-13(10)15-9-14(17)11-4-6-20-7-5-11/h2-3,8,11,14-15,17H,4-7,9H2,1H3/t14-/m1/s1. The minimum Gasteiger partial charge on any atom is -0.391 e. The second-order valence-corrected chi connectivity index (χ2v) is 5.15. The number of non-ortho nitro benzene ring substituents is 1. The van der Waals surface area contributed by atoms with Crippen LogP contribution in [0.15, 0.2) is 18.2 Å². The van der Waals surface area contributed by atoms with Gasteiger partial charge in [0.25, 0.3) is 5.69 Å². The third-order valence-electron chi connectivity index (χ3n) is 3.73. The lowest BCUT2D eigenvalue weighted by atomic mass is 9.94. The highest BCUT2D eigenvalue weighted by Gasteiger charge is 2.22. The van der Waals surface area contributed by atoms with Gasteiger partial charge in [0, 0.05) is 37.6 Å². The van der Waals surface area contributed by atoms with Gasteiger partial charge in [0.05, 0.1) is 11.0 Å². The van der Waals surface area contributed by atoms with E-state index in [2.05, 4.69) is 5.32 Å².